The van der Waals surface area contributed by atoms with E-state index in [1.165, 1.54) is 12.3 Å². The topological polar surface area (TPSA) is 125 Å². The number of nitro groups is 1. The first kappa shape index (κ1) is 16.1. The second-order valence-electron chi connectivity index (χ2n) is 5.16. The lowest BCUT2D eigenvalue weighted by Gasteiger charge is -2.06. The van der Waals surface area contributed by atoms with Crippen LogP contribution in [0.5, 0.6) is 5.75 Å². The maximum atomic E-state index is 12.3. The van der Waals surface area contributed by atoms with Crippen molar-refractivity contribution in [2.75, 3.05) is 0 Å². The highest BCUT2D eigenvalue weighted by Gasteiger charge is 2.15. The lowest BCUT2D eigenvalue weighted by atomic mass is 10.2. The number of aromatic nitrogens is 2. The Morgan fingerprint density at radius 3 is 2.92 bits per heavy atom. The molecule has 9 nitrogen and oxygen atoms in total. The number of carbonyl (C=O) groups excluding carboxylic acids is 1. The van der Waals surface area contributed by atoms with Gasteiger partial charge in [-0.2, -0.15) is 5.10 Å². The molecule has 0 aliphatic rings. The number of imidazole rings is 1. The van der Waals surface area contributed by atoms with Gasteiger partial charge in [0.15, 0.2) is 0 Å². The van der Waals surface area contributed by atoms with Crippen molar-refractivity contribution in [2.24, 2.45) is 5.10 Å². The van der Waals surface area contributed by atoms with E-state index in [4.69, 9.17) is 0 Å². The van der Waals surface area contributed by atoms with Crippen molar-refractivity contribution in [3.05, 3.63) is 69.7 Å². The third-order valence-electron chi connectivity index (χ3n) is 3.48. The first-order valence-electron chi connectivity index (χ1n) is 7.20. The molecule has 0 bridgehead atoms. The highest BCUT2D eigenvalue weighted by molar-refractivity contribution is 5.95. The van der Waals surface area contributed by atoms with E-state index in [2.05, 4.69) is 15.5 Å². The number of rotatable bonds is 4. The highest BCUT2D eigenvalue weighted by Crippen LogP contribution is 2.22. The Hall–Kier alpha value is -3.75. The van der Waals surface area contributed by atoms with Crippen molar-refractivity contribution < 1.29 is 14.8 Å². The van der Waals surface area contributed by atoms with Crippen LogP contribution in [-0.4, -0.2) is 26.4 Å². The number of fused-ring (bicyclic) bond motifs is 1. The molecule has 2 aromatic heterocycles. The van der Waals surface area contributed by atoms with Crippen molar-refractivity contribution in [1.82, 2.24) is 14.8 Å². The van der Waals surface area contributed by atoms with Gasteiger partial charge in [0.1, 0.15) is 11.3 Å². The molecule has 3 aromatic rings. The van der Waals surface area contributed by atoms with E-state index in [9.17, 15) is 20.0 Å². The lowest BCUT2D eigenvalue weighted by Crippen LogP contribution is -2.20. The molecule has 0 saturated heterocycles. The highest BCUT2D eigenvalue weighted by atomic mass is 16.6. The quantitative estimate of drug-likeness (QED) is 0.437. The van der Waals surface area contributed by atoms with Gasteiger partial charge in [-0.3, -0.25) is 19.3 Å². The molecule has 0 atom stereocenters. The number of nitro benzene ring substituents is 1. The summed E-state index contributed by atoms with van der Waals surface area (Å²) in [6.45, 7) is 1.71. The van der Waals surface area contributed by atoms with Gasteiger partial charge in [0.05, 0.1) is 16.8 Å². The van der Waals surface area contributed by atoms with Crippen molar-refractivity contribution in [3.63, 3.8) is 0 Å². The number of amides is 1. The first-order valence-corrected chi connectivity index (χ1v) is 7.20. The van der Waals surface area contributed by atoms with E-state index in [0.717, 1.165) is 12.1 Å². The molecule has 0 aliphatic heterocycles. The van der Waals surface area contributed by atoms with Crippen LogP contribution in [0.4, 0.5) is 5.69 Å². The second kappa shape index (κ2) is 6.40. The van der Waals surface area contributed by atoms with Crippen LogP contribution in [0.2, 0.25) is 0 Å². The molecule has 1 N–H and O–H groups in total. The fourth-order valence-corrected chi connectivity index (χ4v) is 2.36. The number of hydrazone groups is 1. The zero-order valence-electron chi connectivity index (χ0n) is 13.0. The van der Waals surface area contributed by atoms with E-state index in [1.807, 2.05) is 6.07 Å². The number of pyridine rings is 1. The maximum Gasteiger partial charge on any atom is 0.290 e. The van der Waals surface area contributed by atoms with Crippen LogP contribution in [0.25, 0.3) is 5.65 Å². The molecule has 9 heteroatoms. The number of carbonyl (C=O) groups is 1. The van der Waals surface area contributed by atoms with Crippen LogP contribution in [0, 0.1) is 17.0 Å². The summed E-state index contributed by atoms with van der Waals surface area (Å²) in [5.41, 5.74) is 3.65. The minimum atomic E-state index is -0.764. The SMILES string of the molecule is Cc1nc2ccccn2c1C(=O)N/N=C\c1ccc([O-])c([N+](=O)[O-])c1. The molecule has 3 rings (SSSR count). The van der Waals surface area contributed by atoms with E-state index < -0.39 is 22.3 Å². The van der Waals surface area contributed by atoms with Gasteiger partial charge in [-0.1, -0.05) is 18.2 Å². The fraction of sp³-hybridized carbons (Fsp3) is 0.0625. The van der Waals surface area contributed by atoms with E-state index in [1.54, 1.807) is 29.7 Å². The Kier molecular flexibility index (Phi) is 4.12. The molecule has 0 unspecified atom stereocenters. The maximum absolute atomic E-state index is 12.3. The molecule has 0 fully saturated rings. The van der Waals surface area contributed by atoms with Crippen LogP contribution in [-0.2, 0) is 0 Å². The fourth-order valence-electron chi connectivity index (χ4n) is 2.36. The summed E-state index contributed by atoms with van der Waals surface area (Å²) in [4.78, 5) is 26.6. The summed E-state index contributed by atoms with van der Waals surface area (Å²) in [7, 11) is 0. The number of hydrogen-bond donors (Lipinski definition) is 1. The largest absolute Gasteiger partial charge is 0.868 e. The summed E-state index contributed by atoms with van der Waals surface area (Å²) in [6, 6.07) is 8.92. The van der Waals surface area contributed by atoms with Crippen LogP contribution < -0.4 is 10.5 Å². The molecular formula is C16H12N5O4-. The van der Waals surface area contributed by atoms with Gasteiger partial charge in [-0.15, -0.1) is 0 Å². The third kappa shape index (κ3) is 3.15. The van der Waals surface area contributed by atoms with Crippen LogP contribution >= 0.6 is 0 Å². The van der Waals surface area contributed by atoms with Crippen LogP contribution in [0.3, 0.4) is 0 Å². The molecule has 0 radical (unpaired) electrons. The average Bonchev–Trinajstić information content (AvgIpc) is 2.91. The number of benzene rings is 1. The Balaban J connectivity index is 1.80. The number of hydrogen-bond acceptors (Lipinski definition) is 6. The zero-order chi connectivity index (χ0) is 18.0. The molecule has 0 saturated carbocycles. The zero-order valence-corrected chi connectivity index (χ0v) is 13.0. The van der Waals surface area contributed by atoms with Gasteiger partial charge in [0.25, 0.3) is 11.6 Å². The summed E-state index contributed by atoms with van der Waals surface area (Å²) >= 11 is 0. The number of aryl methyl sites for hydroxylation is 1. The number of nitrogens with zero attached hydrogens (tertiary/aromatic N) is 4. The van der Waals surface area contributed by atoms with Crippen molar-refractivity contribution >= 4 is 23.5 Å². The van der Waals surface area contributed by atoms with Crippen molar-refractivity contribution in [2.45, 2.75) is 6.92 Å². The normalized spacial score (nSPS) is 11.1. The van der Waals surface area contributed by atoms with Gasteiger partial charge in [-0.25, -0.2) is 10.4 Å². The predicted molar refractivity (Wildman–Crippen MR) is 87.5 cm³/mol. The van der Waals surface area contributed by atoms with Crippen LogP contribution in [0.15, 0.2) is 47.7 Å². The van der Waals surface area contributed by atoms with E-state index in [-0.39, 0.29) is 0 Å². The Labute approximate surface area is 141 Å². The van der Waals surface area contributed by atoms with Gasteiger partial charge < -0.3 is 5.11 Å². The van der Waals surface area contributed by atoms with Crippen molar-refractivity contribution in [1.29, 1.82) is 0 Å². The number of nitrogens with one attached hydrogen (secondary N) is 1. The first-order chi connectivity index (χ1) is 12.0. The summed E-state index contributed by atoms with van der Waals surface area (Å²) < 4.78 is 1.64. The summed E-state index contributed by atoms with van der Waals surface area (Å²) in [5, 5.41) is 25.9. The molecule has 25 heavy (non-hydrogen) atoms. The predicted octanol–water partition coefficient (Wildman–Crippen LogP) is 1.39. The molecule has 126 valence electrons. The molecule has 0 aliphatic carbocycles. The minimum Gasteiger partial charge on any atom is -0.868 e. The van der Waals surface area contributed by atoms with E-state index >= 15 is 0 Å². The Morgan fingerprint density at radius 1 is 1.36 bits per heavy atom. The van der Waals surface area contributed by atoms with Crippen molar-refractivity contribution in [3.8, 4) is 5.75 Å². The molecule has 1 amide bonds. The average molecular weight is 338 g/mol. The van der Waals surface area contributed by atoms with Gasteiger partial charge in [-0.05, 0) is 24.8 Å². The Bertz CT molecular complexity index is 1010. The monoisotopic (exact) mass is 338 g/mol. The Morgan fingerprint density at radius 2 is 2.16 bits per heavy atom. The molecule has 2 heterocycles. The standard InChI is InChI=1S/C16H13N5O4/c1-10-15(20-7-3-2-4-14(20)18-10)16(23)19-17-9-11-5-6-13(22)12(8-11)21(24)25/h2-9,22H,1H3,(H,19,23)/p-1/b17-9-. The molecular weight excluding hydrogens is 326 g/mol. The molecule has 1 aromatic carbocycles. The smallest absolute Gasteiger partial charge is 0.290 e. The molecule has 0 spiro atoms. The second-order valence-corrected chi connectivity index (χ2v) is 5.16. The summed E-state index contributed by atoms with van der Waals surface area (Å²) in [5.74, 6) is -1.16. The van der Waals surface area contributed by atoms with E-state index in [0.29, 0.717) is 22.6 Å². The van der Waals surface area contributed by atoms with Crippen LogP contribution in [0.1, 0.15) is 21.7 Å². The lowest BCUT2D eigenvalue weighted by molar-refractivity contribution is -0.398. The third-order valence-corrected chi connectivity index (χ3v) is 3.48. The van der Waals surface area contributed by atoms with Gasteiger partial charge in [0, 0.05) is 17.8 Å². The van der Waals surface area contributed by atoms with Gasteiger partial charge in [0.2, 0.25) is 0 Å². The van der Waals surface area contributed by atoms with Gasteiger partial charge >= 0.3 is 0 Å². The summed E-state index contributed by atoms with van der Waals surface area (Å²) in [6.07, 6.45) is 2.94. The minimum absolute atomic E-state index is 0.321.